The first-order valence-corrected chi connectivity index (χ1v) is 7.70. The minimum absolute atomic E-state index is 0.0248. The summed E-state index contributed by atoms with van der Waals surface area (Å²) >= 11 is 0. The third-order valence-electron chi connectivity index (χ3n) is 3.83. The number of likely N-dealkylation sites (N-methyl/N-ethyl adjacent to an activating group) is 1. The molecule has 0 aliphatic heterocycles. The van der Waals surface area contributed by atoms with Crippen molar-refractivity contribution >= 4 is 11.8 Å². The van der Waals surface area contributed by atoms with Crippen LogP contribution in [0.25, 0.3) is 0 Å². The quantitative estimate of drug-likeness (QED) is 0.772. The van der Waals surface area contributed by atoms with Crippen LogP contribution in [0.15, 0.2) is 0 Å². The molecule has 0 aromatic rings. The molecule has 1 aliphatic rings. The minimum Gasteiger partial charge on any atom is -0.353 e. The summed E-state index contributed by atoms with van der Waals surface area (Å²) < 4.78 is 0. The summed E-state index contributed by atoms with van der Waals surface area (Å²) in [5.41, 5.74) is 0. The molecule has 1 aliphatic carbocycles. The van der Waals surface area contributed by atoms with E-state index in [1.54, 1.807) is 4.90 Å². The van der Waals surface area contributed by atoms with E-state index in [9.17, 15) is 9.59 Å². The van der Waals surface area contributed by atoms with Gasteiger partial charge in [0, 0.05) is 12.1 Å². The van der Waals surface area contributed by atoms with Crippen molar-refractivity contribution in [3.63, 3.8) is 0 Å². The van der Waals surface area contributed by atoms with Crippen LogP contribution < -0.4 is 10.6 Å². The molecule has 1 rings (SSSR count). The Bertz CT molecular complexity index is 325. The molecule has 2 N–H and O–H groups in total. The second-order valence-corrected chi connectivity index (χ2v) is 6.16. The van der Waals surface area contributed by atoms with Crippen LogP contribution in [0, 0.1) is 0 Å². The normalized spacial score (nSPS) is 18.1. The number of nitrogens with zero attached hydrogens (tertiary/aromatic N) is 1. The third kappa shape index (κ3) is 5.90. The van der Waals surface area contributed by atoms with Crippen molar-refractivity contribution in [1.29, 1.82) is 0 Å². The molecule has 1 atom stereocenters. The van der Waals surface area contributed by atoms with Gasteiger partial charge in [-0.1, -0.05) is 19.3 Å². The molecule has 0 heterocycles. The standard InChI is InChI=1S/C15H29N3O2/c1-11(2)16-14(19)10-18(4)12(3)15(20)17-13-8-6-5-7-9-13/h11-13H,5-10H2,1-4H3,(H,16,19)(H,17,20)/t12-/m1/s1. The molecular formula is C15H29N3O2. The molecule has 0 saturated heterocycles. The number of hydrogen-bond acceptors (Lipinski definition) is 3. The van der Waals surface area contributed by atoms with E-state index in [1.165, 1.54) is 19.3 Å². The van der Waals surface area contributed by atoms with Gasteiger partial charge in [0.25, 0.3) is 0 Å². The zero-order valence-electron chi connectivity index (χ0n) is 13.2. The van der Waals surface area contributed by atoms with E-state index >= 15 is 0 Å². The summed E-state index contributed by atoms with van der Waals surface area (Å²) in [6, 6.07) is 0.161. The molecule has 0 aromatic heterocycles. The second-order valence-electron chi connectivity index (χ2n) is 6.16. The summed E-state index contributed by atoms with van der Waals surface area (Å²) in [6.45, 7) is 5.95. The topological polar surface area (TPSA) is 61.4 Å². The summed E-state index contributed by atoms with van der Waals surface area (Å²) in [5.74, 6) is -0.0171. The van der Waals surface area contributed by atoms with Crippen LogP contribution in [-0.4, -0.2) is 48.4 Å². The average Bonchev–Trinajstić information content (AvgIpc) is 2.37. The highest BCUT2D eigenvalue weighted by atomic mass is 16.2. The second kappa shape index (κ2) is 8.25. The van der Waals surface area contributed by atoms with Gasteiger partial charge < -0.3 is 10.6 Å². The van der Waals surface area contributed by atoms with Gasteiger partial charge in [0.05, 0.1) is 12.6 Å². The predicted octanol–water partition coefficient (Wildman–Crippen LogP) is 1.28. The fourth-order valence-corrected chi connectivity index (χ4v) is 2.50. The van der Waals surface area contributed by atoms with Crippen molar-refractivity contribution in [2.75, 3.05) is 13.6 Å². The summed E-state index contributed by atoms with van der Waals surface area (Å²) in [4.78, 5) is 25.7. The van der Waals surface area contributed by atoms with Gasteiger partial charge in [0.2, 0.25) is 11.8 Å². The molecule has 0 bridgehead atoms. The van der Waals surface area contributed by atoms with Crippen LogP contribution in [0.2, 0.25) is 0 Å². The highest BCUT2D eigenvalue weighted by Gasteiger charge is 2.23. The van der Waals surface area contributed by atoms with E-state index in [0.717, 1.165) is 12.8 Å². The lowest BCUT2D eigenvalue weighted by Crippen LogP contribution is -2.50. The fraction of sp³-hybridized carbons (Fsp3) is 0.867. The Balaban J connectivity index is 2.36. The van der Waals surface area contributed by atoms with Gasteiger partial charge in [0.15, 0.2) is 0 Å². The van der Waals surface area contributed by atoms with Gasteiger partial charge in [-0.25, -0.2) is 0 Å². The van der Waals surface area contributed by atoms with E-state index in [0.29, 0.717) is 6.04 Å². The summed E-state index contributed by atoms with van der Waals surface area (Å²) in [6.07, 6.45) is 5.83. The molecule has 116 valence electrons. The Kier molecular flexibility index (Phi) is 6.99. The van der Waals surface area contributed by atoms with Crippen LogP contribution >= 0.6 is 0 Å². The molecule has 1 fully saturated rings. The lowest BCUT2D eigenvalue weighted by atomic mass is 9.95. The maximum atomic E-state index is 12.2. The first kappa shape index (κ1) is 17.0. The molecular weight excluding hydrogens is 254 g/mol. The van der Waals surface area contributed by atoms with Crippen molar-refractivity contribution in [2.24, 2.45) is 0 Å². The lowest BCUT2D eigenvalue weighted by Gasteiger charge is -2.28. The van der Waals surface area contributed by atoms with Crippen molar-refractivity contribution < 1.29 is 9.59 Å². The van der Waals surface area contributed by atoms with E-state index in [1.807, 2.05) is 27.8 Å². The number of rotatable bonds is 6. The van der Waals surface area contributed by atoms with Crippen molar-refractivity contribution in [3.05, 3.63) is 0 Å². The molecule has 2 amide bonds. The molecule has 1 saturated carbocycles. The smallest absolute Gasteiger partial charge is 0.237 e. The number of hydrogen-bond donors (Lipinski definition) is 2. The Morgan fingerprint density at radius 1 is 1.15 bits per heavy atom. The third-order valence-corrected chi connectivity index (χ3v) is 3.83. The number of carbonyl (C=O) groups is 2. The Morgan fingerprint density at radius 2 is 1.75 bits per heavy atom. The average molecular weight is 283 g/mol. The van der Waals surface area contributed by atoms with Gasteiger partial charge >= 0.3 is 0 Å². The van der Waals surface area contributed by atoms with Crippen LogP contribution in [0.5, 0.6) is 0 Å². The number of nitrogens with one attached hydrogen (secondary N) is 2. The molecule has 0 radical (unpaired) electrons. The highest BCUT2D eigenvalue weighted by Crippen LogP contribution is 2.17. The van der Waals surface area contributed by atoms with Crippen LogP contribution in [-0.2, 0) is 9.59 Å². The van der Waals surface area contributed by atoms with Gasteiger partial charge in [0.1, 0.15) is 0 Å². The van der Waals surface area contributed by atoms with Crippen molar-refractivity contribution in [2.45, 2.75) is 71.0 Å². The van der Waals surface area contributed by atoms with Gasteiger partial charge in [-0.3, -0.25) is 14.5 Å². The zero-order valence-corrected chi connectivity index (χ0v) is 13.2. The fourth-order valence-electron chi connectivity index (χ4n) is 2.50. The molecule has 0 unspecified atom stereocenters. The predicted molar refractivity (Wildman–Crippen MR) is 80.4 cm³/mol. The van der Waals surface area contributed by atoms with E-state index < -0.39 is 0 Å². The lowest BCUT2D eigenvalue weighted by molar-refractivity contribution is -0.128. The summed E-state index contributed by atoms with van der Waals surface area (Å²) in [5, 5.41) is 5.94. The van der Waals surface area contributed by atoms with Crippen LogP contribution in [0.1, 0.15) is 52.9 Å². The number of carbonyl (C=O) groups excluding carboxylic acids is 2. The monoisotopic (exact) mass is 283 g/mol. The minimum atomic E-state index is -0.283. The van der Waals surface area contributed by atoms with Gasteiger partial charge in [-0.05, 0) is 40.7 Å². The summed E-state index contributed by atoms with van der Waals surface area (Å²) in [7, 11) is 1.81. The maximum Gasteiger partial charge on any atom is 0.237 e. The molecule has 5 nitrogen and oxygen atoms in total. The molecule has 0 aromatic carbocycles. The van der Waals surface area contributed by atoms with Crippen molar-refractivity contribution in [3.8, 4) is 0 Å². The Labute approximate surface area is 122 Å². The maximum absolute atomic E-state index is 12.2. The zero-order chi connectivity index (χ0) is 15.1. The molecule has 0 spiro atoms. The van der Waals surface area contributed by atoms with E-state index in [2.05, 4.69) is 10.6 Å². The molecule has 20 heavy (non-hydrogen) atoms. The van der Waals surface area contributed by atoms with Crippen molar-refractivity contribution in [1.82, 2.24) is 15.5 Å². The van der Waals surface area contributed by atoms with Crippen LogP contribution in [0.4, 0.5) is 0 Å². The first-order valence-electron chi connectivity index (χ1n) is 7.70. The Hall–Kier alpha value is -1.10. The SMILES string of the molecule is CC(C)NC(=O)CN(C)[C@H](C)C(=O)NC1CCCCC1. The van der Waals surface area contributed by atoms with Gasteiger partial charge in [-0.2, -0.15) is 0 Å². The molecule has 5 heteroatoms. The Morgan fingerprint density at radius 3 is 2.30 bits per heavy atom. The first-order chi connectivity index (χ1) is 9.40. The van der Waals surface area contributed by atoms with E-state index in [4.69, 9.17) is 0 Å². The largest absolute Gasteiger partial charge is 0.353 e. The number of amides is 2. The van der Waals surface area contributed by atoms with Crippen LogP contribution in [0.3, 0.4) is 0 Å². The highest BCUT2D eigenvalue weighted by molar-refractivity contribution is 5.83. The van der Waals surface area contributed by atoms with E-state index in [-0.39, 0.29) is 30.4 Å². The van der Waals surface area contributed by atoms with Gasteiger partial charge in [-0.15, -0.1) is 0 Å².